The smallest absolute Gasteiger partial charge is 0.341 e. The summed E-state index contributed by atoms with van der Waals surface area (Å²) in [5.41, 5.74) is 0.0535. The monoisotopic (exact) mass is 1080 g/mol. The number of fused-ring (bicyclic) bond motifs is 1. The van der Waals surface area contributed by atoms with Crippen molar-refractivity contribution >= 4 is 16.9 Å². The molecule has 1 aliphatic carbocycles. The van der Waals surface area contributed by atoms with Gasteiger partial charge in [-0.2, -0.15) is 0 Å². The van der Waals surface area contributed by atoms with Crippen LogP contribution in [0.3, 0.4) is 0 Å². The molecule has 14 atom stereocenters. The third-order valence-electron chi connectivity index (χ3n) is 17.2. The van der Waals surface area contributed by atoms with Crippen molar-refractivity contribution in [3.05, 3.63) is 58.4 Å². The highest BCUT2D eigenvalue weighted by atomic mass is 16.5. The SMILES string of the molecule is C=CC(C)[C@@H](C[C@@H](CC)CC(C)[C@@H](C)OC)[C@H](C)[C@@H](CC1CC(C)CC(N(C)C)C1)[C@](C)(O)C[C@@H](C)CN(C)C(C)C(O)CC.CCC.CCn1cc(C(=O)O)c(=O)c2cc(C#CCCCCCCCNC)ccc21.CO. The van der Waals surface area contributed by atoms with Gasteiger partial charge in [0.2, 0.25) is 5.43 Å². The number of allylic oxidation sites excluding steroid dienone is 1. The van der Waals surface area contributed by atoms with Crippen LogP contribution in [0.4, 0.5) is 0 Å². The van der Waals surface area contributed by atoms with E-state index in [2.05, 4.69) is 137 Å². The lowest BCUT2D eigenvalue weighted by Crippen LogP contribution is -2.47. The summed E-state index contributed by atoms with van der Waals surface area (Å²) in [7, 11) is 11.4. The molecule has 0 radical (unpaired) electrons. The first-order chi connectivity index (χ1) is 36.4. The molecule has 0 saturated heterocycles. The highest BCUT2D eigenvalue weighted by Gasteiger charge is 2.43. The highest BCUT2D eigenvalue weighted by molar-refractivity contribution is 5.93. The fraction of sp³-hybridized carbons (Fsp3) is 0.788. The quantitative estimate of drug-likeness (QED) is 0.0281. The molecule has 3 rings (SSSR count). The number of aromatic nitrogens is 1. The molecule has 1 aliphatic rings. The number of aromatic carboxylic acids is 1. The number of ether oxygens (including phenoxy) is 1. The van der Waals surface area contributed by atoms with E-state index >= 15 is 0 Å². The number of carboxylic acids is 1. The Balaban J connectivity index is 0.00000153. The maximum Gasteiger partial charge on any atom is 0.341 e. The predicted molar refractivity (Wildman–Crippen MR) is 329 cm³/mol. The van der Waals surface area contributed by atoms with Gasteiger partial charge in [-0.3, -0.25) is 4.79 Å². The number of hydrogen-bond donors (Lipinski definition) is 5. The molecule has 77 heavy (non-hydrogen) atoms. The number of nitrogens with one attached hydrogen (secondary N) is 1. The van der Waals surface area contributed by atoms with Crippen LogP contribution in [-0.4, -0.2) is 126 Å². The Hall–Kier alpha value is -3.08. The van der Waals surface area contributed by atoms with E-state index in [0.29, 0.717) is 65.3 Å². The number of likely N-dealkylation sites (N-methyl/N-ethyl adjacent to an activating group) is 1. The summed E-state index contributed by atoms with van der Waals surface area (Å²) in [5.74, 6) is 9.33. The van der Waals surface area contributed by atoms with Gasteiger partial charge in [-0.05, 0) is 198 Å². The number of pyridine rings is 1. The molecule has 11 heteroatoms. The van der Waals surface area contributed by atoms with Crippen molar-refractivity contribution in [1.82, 2.24) is 19.7 Å². The average molecular weight is 1080 g/mol. The van der Waals surface area contributed by atoms with Gasteiger partial charge in [-0.1, -0.05) is 112 Å². The zero-order valence-electron chi connectivity index (χ0n) is 52.9. The van der Waals surface area contributed by atoms with Crippen molar-refractivity contribution in [2.75, 3.05) is 55.5 Å². The van der Waals surface area contributed by atoms with Crippen LogP contribution in [0.15, 0.2) is 41.8 Å². The van der Waals surface area contributed by atoms with Crippen molar-refractivity contribution in [3.63, 3.8) is 0 Å². The van der Waals surface area contributed by atoms with E-state index < -0.39 is 17.0 Å². The van der Waals surface area contributed by atoms with Crippen molar-refractivity contribution in [2.45, 2.75) is 229 Å². The number of aliphatic hydroxyl groups is 3. The van der Waals surface area contributed by atoms with Gasteiger partial charge in [0.05, 0.1) is 23.3 Å². The second kappa shape index (κ2) is 40.2. The number of hydrogen-bond acceptors (Lipinski definition) is 9. The number of aliphatic hydroxyl groups excluding tert-OH is 2. The number of aryl methyl sites for hydroxylation is 1. The van der Waals surface area contributed by atoms with Crippen LogP contribution in [0.5, 0.6) is 0 Å². The third-order valence-corrected chi connectivity index (χ3v) is 17.2. The van der Waals surface area contributed by atoms with Crippen LogP contribution in [-0.2, 0) is 11.3 Å². The van der Waals surface area contributed by atoms with Crippen LogP contribution >= 0.6 is 0 Å². The van der Waals surface area contributed by atoms with E-state index in [1.165, 1.54) is 76.8 Å². The number of carboxylic acid groups (broad SMARTS) is 1. The summed E-state index contributed by atoms with van der Waals surface area (Å²) in [6.07, 6.45) is 21.5. The molecule has 1 fully saturated rings. The first-order valence-corrected chi connectivity index (χ1v) is 30.3. The van der Waals surface area contributed by atoms with Gasteiger partial charge in [0, 0.05) is 63.0 Å². The minimum absolute atomic E-state index is 0.107. The average Bonchev–Trinajstić information content (AvgIpc) is 3.40. The first kappa shape index (κ1) is 73.9. The predicted octanol–water partition coefficient (Wildman–Crippen LogP) is 13.4. The number of carbonyl (C=O) groups is 1. The highest BCUT2D eigenvalue weighted by Crippen LogP contribution is 2.46. The zero-order valence-corrected chi connectivity index (χ0v) is 52.9. The maximum atomic E-state index is 12.6. The Kier molecular flexibility index (Phi) is 38.5. The molecule has 0 amide bonds. The molecular weight excluding hydrogens is 961 g/mol. The van der Waals surface area contributed by atoms with E-state index in [1.807, 2.05) is 40.1 Å². The van der Waals surface area contributed by atoms with Gasteiger partial charge in [0.15, 0.2) is 0 Å². The van der Waals surface area contributed by atoms with Crippen LogP contribution in [0, 0.1) is 65.1 Å². The lowest BCUT2D eigenvalue weighted by Gasteiger charge is -2.47. The lowest BCUT2D eigenvalue weighted by molar-refractivity contribution is -0.0736. The molecule has 0 bridgehead atoms. The summed E-state index contributed by atoms with van der Waals surface area (Å²) in [5, 5.41) is 42.9. The largest absolute Gasteiger partial charge is 0.477 e. The van der Waals surface area contributed by atoms with E-state index in [0.717, 1.165) is 63.4 Å². The van der Waals surface area contributed by atoms with Gasteiger partial charge >= 0.3 is 5.97 Å². The second-order valence-electron chi connectivity index (χ2n) is 24.1. The summed E-state index contributed by atoms with van der Waals surface area (Å²) < 4.78 is 7.49. The van der Waals surface area contributed by atoms with Crippen molar-refractivity contribution in [1.29, 1.82) is 0 Å². The van der Waals surface area contributed by atoms with Crippen molar-refractivity contribution < 1.29 is 30.0 Å². The summed E-state index contributed by atoms with van der Waals surface area (Å²) in [6.45, 7) is 35.7. The molecule has 446 valence electrons. The minimum Gasteiger partial charge on any atom is -0.477 e. The molecule has 7 unspecified atom stereocenters. The minimum atomic E-state index is -1.20. The van der Waals surface area contributed by atoms with Gasteiger partial charge in [-0.15, -0.1) is 6.58 Å². The van der Waals surface area contributed by atoms with Crippen LogP contribution in [0.2, 0.25) is 0 Å². The van der Waals surface area contributed by atoms with Crippen LogP contribution in [0.25, 0.3) is 10.9 Å². The van der Waals surface area contributed by atoms with E-state index in [1.54, 1.807) is 10.6 Å². The summed E-state index contributed by atoms with van der Waals surface area (Å²) in [4.78, 5) is 28.5. The molecule has 2 aromatic rings. The number of nitrogens with zero attached hydrogens (tertiary/aromatic N) is 3. The van der Waals surface area contributed by atoms with Crippen LogP contribution < -0.4 is 10.7 Å². The maximum absolute atomic E-state index is 12.6. The fourth-order valence-electron chi connectivity index (χ4n) is 12.2. The Bertz CT molecular complexity index is 2010. The van der Waals surface area contributed by atoms with E-state index in [9.17, 15) is 24.9 Å². The summed E-state index contributed by atoms with van der Waals surface area (Å²) >= 11 is 0. The van der Waals surface area contributed by atoms with Crippen molar-refractivity contribution in [2.24, 2.45) is 53.3 Å². The second-order valence-corrected chi connectivity index (χ2v) is 24.1. The van der Waals surface area contributed by atoms with Crippen LogP contribution in [0.1, 0.15) is 209 Å². The zero-order chi connectivity index (χ0) is 59.0. The van der Waals surface area contributed by atoms with E-state index in [-0.39, 0.29) is 29.7 Å². The topological polar surface area (TPSA) is 148 Å². The van der Waals surface area contributed by atoms with Gasteiger partial charge in [0.25, 0.3) is 0 Å². The standard InChI is InChI=1S/C40H80N2O3.C22H28N2O3.C3H8.CH4O/c1-16-29(6)37(23-34(17-2)21-30(7)33(10)45-15)31(8)38(24-35-19-27(4)20-36(22-35)41(12)13)40(11,44)25-28(5)26-42(14)32(9)39(43)18-3;1-3-24-16-19(22(26)27)21(25)18-15-17(12-13-20(18)24)11-9-7-5-4-6-8-10-14-23-2;1-3-2;1-2/h16,27-39,43-44H,1,17-26H2,2-15H3;12-13,15-16,23H,3-8,10,14H2,1-2H3,(H,26,27);3H2,1-2H3;2H,1H3/t27?,28-,29?,30?,31+,32?,33-,34+,35?,36?,37-,38-,39?,40-;;;/m1.../s1. The Morgan fingerprint density at radius 3 is 2.13 bits per heavy atom. The first-order valence-electron chi connectivity index (χ1n) is 30.3. The van der Waals surface area contributed by atoms with Crippen molar-refractivity contribution in [3.8, 4) is 11.8 Å². The van der Waals surface area contributed by atoms with Gasteiger partial charge in [-0.25, -0.2) is 4.79 Å². The van der Waals surface area contributed by atoms with Gasteiger partial charge < -0.3 is 44.8 Å². The molecule has 0 spiro atoms. The molecule has 1 aromatic carbocycles. The third kappa shape index (κ3) is 26.4. The molecule has 5 N–H and O–H groups in total. The number of benzene rings is 1. The Morgan fingerprint density at radius 2 is 1.58 bits per heavy atom. The molecular formula is C66H120N4O7. The molecule has 1 heterocycles. The number of unbranched alkanes of at least 4 members (excludes halogenated alkanes) is 5. The number of rotatable bonds is 31. The lowest BCUT2D eigenvalue weighted by atomic mass is 9.62. The van der Waals surface area contributed by atoms with E-state index in [4.69, 9.17) is 9.84 Å². The molecule has 1 saturated carbocycles. The van der Waals surface area contributed by atoms with Gasteiger partial charge in [0.1, 0.15) is 5.56 Å². The Morgan fingerprint density at radius 1 is 0.961 bits per heavy atom. The normalized spacial score (nSPS) is 20.1. The molecule has 0 aliphatic heterocycles. The fourth-order valence-corrected chi connectivity index (χ4v) is 12.2. The summed E-state index contributed by atoms with van der Waals surface area (Å²) in [6, 6.07) is 6.17. The Labute approximate surface area is 472 Å². The number of methoxy groups -OCH3 is 1. The molecule has 11 nitrogen and oxygen atoms in total. The molecule has 1 aromatic heterocycles.